The zero-order valence-corrected chi connectivity index (χ0v) is 19.7. The maximum atomic E-state index is 13.6. The smallest absolute Gasteiger partial charge is 0.270 e. The van der Waals surface area contributed by atoms with E-state index >= 15 is 0 Å². The summed E-state index contributed by atoms with van der Waals surface area (Å²) in [6, 6.07) is 13.5. The first kappa shape index (κ1) is 24.3. The van der Waals surface area contributed by atoms with Gasteiger partial charge in [0.15, 0.2) is 0 Å². The van der Waals surface area contributed by atoms with Crippen molar-refractivity contribution in [3.63, 3.8) is 0 Å². The Morgan fingerprint density at radius 3 is 2.31 bits per heavy atom. The van der Waals surface area contributed by atoms with Crippen molar-refractivity contribution in [3.8, 4) is 0 Å². The standard InChI is InChI=1S/C25H28N4O6/c1-17(2)26-22(30)21-16-35-25(28(21)24(32)18-7-4-3-5-8-18)11-13-27(14-12-25)23(31)19-9-6-10-20(15-19)29(33)34/h3-10,15,17,21H,11-14,16H2,1-2H3,(H,26,30)/t21-/m1/s1. The van der Waals surface area contributed by atoms with E-state index in [2.05, 4.69) is 5.32 Å². The molecule has 3 amide bonds. The van der Waals surface area contributed by atoms with Gasteiger partial charge in [-0.15, -0.1) is 0 Å². The van der Waals surface area contributed by atoms with E-state index in [4.69, 9.17) is 4.74 Å². The van der Waals surface area contributed by atoms with Crippen LogP contribution in [0.4, 0.5) is 5.69 Å². The van der Waals surface area contributed by atoms with Gasteiger partial charge in [0.05, 0.1) is 11.5 Å². The number of piperidine rings is 1. The number of nitro groups is 1. The number of nitrogens with zero attached hydrogens (tertiary/aromatic N) is 3. The minimum atomic E-state index is -1.02. The Bertz CT molecular complexity index is 1130. The summed E-state index contributed by atoms with van der Waals surface area (Å²) in [4.78, 5) is 53.3. The molecule has 184 valence electrons. The Balaban J connectivity index is 1.56. The molecule has 0 radical (unpaired) electrons. The minimum Gasteiger partial charge on any atom is -0.353 e. The number of amides is 3. The van der Waals surface area contributed by atoms with Gasteiger partial charge >= 0.3 is 0 Å². The van der Waals surface area contributed by atoms with Crippen molar-refractivity contribution in [2.45, 2.75) is 44.5 Å². The molecule has 2 fully saturated rings. The van der Waals surface area contributed by atoms with Crippen LogP contribution in [-0.4, -0.2) is 69.9 Å². The fourth-order valence-electron chi connectivity index (χ4n) is 4.66. The molecule has 0 saturated carbocycles. The number of carbonyl (C=O) groups is 3. The van der Waals surface area contributed by atoms with Crippen LogP contribution in [0.2, 0.25) is 0 Å². The van der Waals surface area contributed by atoms with E-state index in [1.54, 1.807) is 35.2 Å². The summed E-state index contributed by atoms with van der Waals surface area (Å²) in [5.41, 5.74) is -0.489. The highest BCUT2D eigenvalue weighted by Crippen LogP contribution is 2.39. The third-order valence-corrected chi connectivity index (χ3v) is 6.37. The van der Waals surface area contributed by atoms with Crippen LogP contribution in [0.5, 0.6) is 0 Å². The number of ether oxygens (including phenoxy) is 1. The van der Waals surface area contributed by atoms with Gasteiger partial charge in [-0.2, -0.15) is 0 Å². The number of non-ortho nitro benzene ring substituents is 1. The normalized spacial score (nSPS) is 19.1. The first-order valence-electron chi connectivity index (χ1n) is 11.6. The molecule has 10 heteroatoms. The van der Waals surface area contributed by atoms with Gasteiger partial charge in [0.25, 0.3) is 17.5 Å². The van der Waals surface area contributed by atoms with Crippen molar-refractivity contribution in [1.82, 2.24) is 15.1 Å². The highest BCUT2D eigenvalue weighted by atomic mass is 16.6. The molecule has 35 heavy (non-hydrogen) atoms. The molecule has 2 aliphatic heterocycles. The predicted molar refractivity (Wildman–Crippen MR) is 127 cm³/mol. The van der Waals surface area contributed by atoms with Gasteiger partial charge in [-0.25, -0.2) is 0 Å². The van der Waals surface area contributed by atoms with Crippen LogP contribution < -0.4 is 5.32 Å². The van der Waals surface area contributed by atoms with Crippen molar-refractivity contribution in [2.24, 2.45) is 0 Å². The van der Waals surface area contributed by atoms with Crippen molar-refractivity contribution in [3.05, 3.63) is 75.8 Å². The van der Waals surface area contributed by atoms with Crippen molar-refractivity contribution < 1.29 is 24.0 Å². The number of nitro benzene ring substituents is 1. The molecule has 1 N–H and O–H groups in total. The number of nitrogens with one attached hydrogen (secondary N) is 1. The summed E-state index contributed by atoms with van der Waals surface area (Å²) in [5.74, 6) is -0.904. The maximum Gasteiger partial charge on any atom is 0.270 e. The molecule has 2 heterocycles. The van der Waals surface area contributed by atoms with E-state index in [0.717, 1.165) is 0 Å². The number of carbonyl (C=O) groups excluding carboxylic acids is 3. The van der Waals surface area contributed by atoms with Gasteiger partial charge in [0, 0.05) is 55.2 Å². The van der Waals surface area contributed by atoms with Crippen molar-refractivity contribution >= 4 is 23.4 Å². The summed E-state index contributed by atoms with van der Waals surface area (Å²) >= 11 is 0. The molecule has 10 nitrogen and oxygen atoms in total. The Morgan fingerprint density at radius 2 is 1.69 bits per heavy atom. The van der Waals surface area contributed by atoms with Crippen molar-refractivity contribution in [1.29, 1.82) is 0 Å². The van der Waals surface area contributed by atoms with Gasteiger partial charge in [0.1, 0.15) is 11.8 Å². The van der Waals surface area contributed by atoms with Crippen LogP contribution >= 0.6 is 0 Å². The second-order valence-corrected chi connectivity index (χ2v) is 9.08. The Kier molecular flexibility index (Phi) is 6.83. The molecule has 1 spiro atoms. The quantitative estimate of drug-likeness (QED) is 0.519. The van der Waals surface area contributed by atoms with E-state index in [-0.39, 0.29) is 54.7 Å². The third kappa shape index (κ3) is 4.88. The molecule has 4 rings (SSSR count). The van der Waals surface area contributed by atoms with Gasteiger partial charge in [-0.3, -0.25) is 29.4 Å². The molecule has 2 aromatic rings. The SMILES string of the molecule is CC(C)NC(=O)[C@H]1COC2(CCN(C(=O)c3cccc([N+](=O)[O-])c3)CC2)N1C(=O)c1ccccc1. The Labute approximate surface area is 203 Å². The van der Waals surface area contributed by atoms with E-state index in [1.165, 1.54) is 23.1 Å². The summed E-state index contributed by atoms with van der Waals surface area (Å²) in [6.45, 7) is 4.32. The van der Waals surface area contributed by atoms with Crippen molar-refractivity contribution in [2.75, 3.05) is 19.7 Å². The van der Waals surface area contributed by atoms with E-state index in [1.807, 2.05) is 19.9 Å². The maximum absolute atomic E-state index is 13.6. The molecule has 2 aromatic carbocycles. The predicted octanol–water partition coefficient (Wildman–Crippen LogP) is 2.59. The molecule has 0 aromatic heterocycles. The third-order valence-electron chi connectivity index (χ3n) is 6.37. The Morgan fingerprint density at radius 1 is 1.03 bits per heavy atom. The average Bonchev–Trinajstić information content (AvgIpc) is 3.22. The number of rotatable bonds is 5. The number of hydrogen-bond donors (Lipinski definition) is 1. The molecule has 2 saturated heterocycles. The molecular formula is C25H28N4O6. The zero-order chi connectivity index (χ0) is 25.2. The van der Waals surface area contributed by atoms with Gasteiger partial charge in [-0.05, 0) is 32.0 Å². The summed E-state index contributed by atoms with van der Waals surface area (Å²) in [5, 5.41) is 14.0. The van der Waals surface area contributed by atoms with Crippen LogP contribution in [0, 0.1) is 10.1 Å². The first-order valence-corrected chi connectivity index (χ1v) is 11.6. The largest absolute Gasteiger partial charge is 0.353 e. The molecule has 0 aliphatic carbocycles. The minimum absolute atomic E-state index is 0.0654. The molecule has 0 unspecified atom stereocenters. The second kappa shape index (κ2) is 9.83. The highest BCUT2D eigenvalue weighted by Gasteiger charge is 2.54. The second-order valence-electron chi connectivity index (χ2n) is 9.08. The molecule has 2 aliphatic rings. The molecule has 0 bridgehead atoms. The fourth-order valence-corrected chi connectivity index (χ4v) is 4.66. The number of hydrogen-bond acceptors (Lipinski definition) is 6. The topological polar surface area (TPSA) is 122 Å². The summed E-state index contributed by atoms with van der Waals surface area (Å²) in [7, 11) is 0. The fraction of sp³-hybridized carbons (Fsp3) is 0.400. The lowest BCUT2D eigenvalue weighted by atomic mass is 9.96. The highest BCUT2D eigenvalue weighted by molar-refractivity contribution is 5.98. The van der Waals surface area contributed by atoms with Gasteiger partial charge in [-0.1, -0.05) is 24.3 Å². The molecule has 1 atom stereocenters. The molecular weight excluding hydrogens is 452 g/mol. The number of benzene rings is 2. The van der Waals surface area contributed by atoms with E-state index < -0.39 is 16.7 Å². The van der Waals surface area contributed by atoms with Gasteiger partial charge in [0.2, 0.25) is 5.91 Å². The van der Waals surface area contributed by atoms with E-state index in [0.29, 0.717) is 18.4 Å². The van der Waals surface area contributed by atoms with Gasteiger partial charge < -0.3 is 15.0 Å². The number of likely N-dealkylation sites (tertiary alicyclic amines) is 1. The van der Waals surface area contributed by atoms with Crippen LogP contribution in [0.1, 0.15) is 47.4 Å². The average molecular weight is 481 g/mol. The monoisotopic (exact) mass is 480 g/mol. The van der Waals surface area contributed by atoms with Crippen LogP contribution in [0.25, 0.3) is 0 Å². The first-order chi connectivity index (χ1) is 16.7. The van der Waals surface area contributed by atoms with Crippen LogP contribution in [0.15, 0.2) is 54.6 Å². The summed E-state index contributed by atoms with van der Waals surface area (Å²) in [6.07, 6.45) is 0.634. The van der Waals surface area contributed by atoms with Crippen LogP contribution in [-0.2, 0) is 9.53 Å². The lowest BCUT2D eigenvalue weighted by Crippen LogP contribution is -2.60. The lowest BCUT2D eigenvalue weighted by Gasteiger charge is -2.44. The summed E-state index contributed by atoms with van der Waals surface area (Å²) < 4.78 is 6.15. The van der Waals surface area contributed by atoms with E-state index in [9.17, 15) is 24.5 Å². The Hall–Kier alpha value is -3.79. The lowest BCUT2D eigenvalue weighted by molar-refractivity contribution is -0.384. The van der Waals surface area contributed by atoms with Crippen LogP contribution in [0.3, 0.4) is 0 Å². The zero-order valence-electron chi connectivity index (χ0n) is 19.7.